The van der Waals surface area contributed by atoms with Crippen molar-refractivity contribution in [2.75, 3.05) is 0 Å². The fourth-order valence-corrected chi connectivity index (χ4v) is 3.00. The molecule has 0 amide bonds. The Morgan fingerprint density at radius 2 is 1.80 bits per heavy atom. The first-order valence-corrected chi connectivity index (χ1v) is 7.82. The van der Waals surface area contributed by atoms with E-state index in [-0.39, 0.29) is 5.41 Å². The van der Waals surface area contributed by atoms with E-state index < -0.39 is 0 Å². The Labute approximate surface area is 133 Å². The van der Waals surface area contributed by atoms with Gasteiger partial charge in [0.15, 0.2) is 0 Å². The first-order chi connectivity index (χ1) is 9.27. The van der Waals surface area contributed by atoms with E-state index in [0.29, 0.717) is 4.64 Å². The predicted molar refractivity (Wildman–Crippen MR) is 89.8 cm³/mol. The molecule has 0 spiro atoms. The molecule has 0 saturated heterocycles. The number of aromatic nitrogens is 2. The van der Waals surface area contributed by atoms with Crippen LogP contribution in [0.15, 0.2) is 28.7 Å². The van der Waals surface area contributed by atoms with Gasteiger partial charge in [-0.25, -0.2) is 4.98 Å². The van der Waals surface area contributed by atoms with Gasteiger partial charge in [-0.3, -0.25) is 0 Å². The Bertz CT molecular complexity index is 666. The van der Waals surface area contributed by atoms with Crippen LogP contribution in [0.1, 0.15) is 43.4 Å². The van der Waals surface area contributed by atoms with Crippen LogP contribution in [0.4, 0.5) is 0 Å². The number of hydrogen-bond donors (Lipinski definition) is 1. The van der Waals surface area contributed by atoms with Gasteiger partial charge in [-0.05, 0) is 28.4 Å². The van der Waals surface area contributed by atoms with Crippen molar-refractivity contribution in [3.8, 4) is 0 Å². The molecule has 2 rings (SSSR count). The molecule has 0 radical (unpaired) electrons. The summed E-state index contributed by atoms with van der Waals surface area (Å²) in [5.74, 6) is 0.909. The summed E-state index contributed by atoms with van der Waals surface area (Å²) in [7, 11) is 0. The number of benzene rings is 1. The van der Waals surface area contributed by atoms with Crippen molar-refractivity contribution in [1.82, 2.24) is 9.97 Å². The molecule has 0 saturated carbocycles. The molecule has 1 aromatic carbocycles. The standard InChI is InChI=1S/C16H19BrN2S/c1-10-5-7-11(8-6-10)9-12-18-14(16(2,3)4)13(17)15(20)19-12/h5-8H,9H2,1-4H3,(H,18,19,20). The van der Waals surface area contributed by atoms with Crippen molar-refractivity contribution >= 4 is 28.1 Å². The van der Waals surface area contributed by atoms with Gasteiger partial charge in [-0.15, -0.1) is 0 Å². The Hall–Kier alpha value is -1.00. The second-order valence-corrected chi connectivity index (χ2v) is 7.27. The Morgan fingerprint density at radius 3 is 2.35 bits per heavy atom. The van der Waals surface area contributed by atoms with Crippen LogP contribution >= 0.6 is 28.1 Å². The van der Waals surface area contributed by atoms with E-state index in [1.165, 1.54) is 11.1 Å². The largest absolute Gasteiger partial charge is 0.345 e. The number of H-pyrrole nitrogens is 1. The van der Waals surface area contributed by atoms with Crippen molar-refractivity contribution in [3.05, 3.63) is 56.0 Å². The molecule has 4 heteroatoms. The Kier molecular flexibility index (Phi) is 4.45. The van der Waals surface area contributed by atoms with Crippen LogP contribution in [0.25, 0.3) is 0 Å². The maximum Gasteiger partial charge on any atom is 0.144 e. The van der Waals surface area contributed by atoms with E-state index in [1.54, 1.807) is 0 Å². The van der Waals surface area contributed by atoms with Gasteiger partial charge in [0.1, 0.15) is 10.5 Å². The van der Waals surface area contributed by atoms with E-state index in [1.807, 2.05) is 0 Å². The molecule has 2 aromatic rings. The molecule has 0 aliphatic heterocycles. The summed E-state index contributed by atoms with van der Waals surface area (Å²) in [6.07, 6.45) is 0.764. The molecule has 106 valence electrons. The van der Waals surface area contributed by atoms with Crippen LogP contribution in [0.2, 0.25) is 0 Å². The molecule has 0 bridgehead atoms. The third-order valence-electron chi connectivity index (χ3n) is 3.16. The molecule has 1 N–H and O–H groups in total. The first-order valence-electron chi connectivity index (χ1n) is 6.62. The monoisotopic (exact) mass is 350 g/mol. The van der Waals surface area contributed by atoms with Gasteiger partial charge in [0.25, 0.3) is 0 Å². The summed E-state index contributed by atoms with van der Waals surface area (Å²) < 4.78 is 1.52. The van der Waals surface area contributed by atoms with Crippen LogP contribution in [0.5, 0.6) is 0 Å². The van der Waals surface area contributed by atoms with Gasteiger partial charge in [-0.1, -0.05) is 62.8 Å². The summed E-state index contributed by atoms with van der Waals surface area (Å²) in [6.45, 7) is 8.57. The molecule has 0 fully saturated rings. The van der Waals surface area contributed by atoms with Crippen LogP contribution in [0.3, 0.4) is 0 Å². The third kappa shape index (κ3) is 3.55. The summed E-state index contributed by atoms with van der Waals surface area (Å²) in [6, 6.07) is 8.50. The van der Waals surface area contributed by atoms with Crippen LogP contribution in [-0.2, 0) is 11.8 Å². The Balaban J connectivity index is 2.41. The van der Waals surface area contributed by atoms with Gasteiger partial charge in [0, 0.05) is 17.5 Å². The van der Waals surface area contributed by atoms with E-state index in [0.717, 1.165) is 22.4 Å². The third-order valence-corrected chi connectivity index (χ3v) is 4.49. The molecule has 0 aliphatic rings. The number of rotatable bonds is 2. The van der Waals surface area contributed by atoms with Gasteiger partial charge >= 0.3 is 0 Å². The summed E-state index contributed by atoms with van der Waals surface area (Å²) in [4.78, 5) is 7.91. The van der Waals surface area contributed by atoms with Crippen LogP contribution in [-0.4, -0.2) is 9.97 Å². The molecule has 0 atom stereocenters. The maximum atomic E-state index is 5.36. The minimum absolute atomic E-state index is 0.00262. The Morgan fingerprint density at radius 1 is 1.20 bits per heavy atom. The molecule has 0 aliphatic carbocycles. The number of nitrogens with one attached hydrogen (secondary N) is 1. The smallest absolute Gasteiger partial charge is 0.144 e. The van der Waals surface area contributed by atoms with E-state index in [2.05, 4.69) is 77.9 Å². The van der Waals surface area contributed by atoms with Crippen molar-refractivity contribution in [1.29, 1.82) is 0 Å². The molecule has 2 nitrogen and oxygen atoms in total. The van der Waals surface area contributed by atoms with Crippen molar-refractivity contribution in [2.24, 2.45) is 0 Å². The minimum atomic E-state index is -0.00262. The average molecular weight is 351 g/mol. The topological polar surface area (TPSA) is 28.7 Å². The fraction of sp³-hybridized carbons (Fsp3) is 0.375. The zero-order valence-electron chi connectivity index (χ0n) is 12.2. The van der Waals surface area contributed by atoms with Crippen molar-refractivity contribution in [3.63, 3.8) is 0 Å². The van der Waals surface area contributed by atoms with Crippen LogP contribution in [0, 0.1) is 11.6 Å². The first kappa shape index (κ1) is 15.4. The SMILES string of the molecule is Cc1ccc(Cc2nc(=S)c(Br)c(C(C)(C)C)[nH]2)cc1. The van der Waals surface area contributed by atoms with Gasteiger partial charge < -0.3 is 4.98 Å². The van der Waals surface area contributed by atoms with Crippen molar-refractivity contribution < 1.29 is 0 Å². The number of aromatic amines is 1. The van der Waals surface area contributed by atoms with Crippen molar-refractivity contribution in [2.45, 2.75) is 39.5 Å². The molecule has 0 unspecified atom stereocenters. The lowest BCUT2D eigenvalue weighted by atomic mass is 9.92. The average Bonchev–Trinajstić information content (AvgIpc) is 2.35. The fourth-order valence-electron chi connectivity index (χ4n) is 2.01. The summed E-state index contributed by atoms with van der Waals surface area (Å²) >= 11 is 8.90. The van der Waals surface area contributed by atoms with Gasteiger partial charge in [0.05, 0.1) is 4.47 Å². The maximum absolute atomic E-state index is 5.36. The highest BCUT2D eigenvalue weighted by atomic mass is 79.9. The molecular formula is C16H19BrN2S. The minimum Gasteiger partial charge on any atom is -0.345 e. The highest BCUT2D eigenvalue weighted by Gasteiger charge is 2.20. The summed E-state index contributed by atoms with van der Waals surface area (Å²) in [5, 5.41) is 0. The second-order valence-electron chi connectivity index (χ2n) is 6.09. The molecule has 1 aromatic heterocycles. The molecule has 20 heavy (non-hydrogen) atoms. The number of nitrogens with zero attached hydrogens (tertiary/aromatic N) is 1. The highest BCUT2D eigenvalue weighted by molar-refractivity contribution is 9.10. The number of aryl methyl sites for hydroxylation is 1. The zero-order valence-corrected chi connectivity index (χ0v) is 14.7. The van der Waals surface area contributed by atoms with Gasteiger partial charge in [0.2, 0.25) is 0 Å². The van der Waals surface area contributed by atoms with Crippen LogP contribution < -0.4 is 0 Å². The summed E-state index contributed by atoms with van der Waals surface area (Å²) in [5.41, 5.74) is 3.59. The number of halogens is 1. The zero-order chi connectivity index (χ0) is 14.9. The second kappa shape index (κ2) is 5.78. The predicted octanol–water partition coefficient (Wildman–Crippen LogP) is 5.10. The van der Waals surface area contributed by atoms with E-state index >= 15 is 0 Å². The molecule has 1 heterocycles. The lowest BCUT2D eigenvalue weighted by Crippen LogP contribution is -2.17. The highest BCUT2D eigenvalue weighted by Crippen LogP contribution is 2.28. The number of hydrogen-bond acceptors (Lipinski definition) is 2. The normalized spacial score (nSPS) is 11.7. The lowest BCUT2D eigenvalue weighted by molar-refractivity contribution is 0.558. The molecular weight excluding hydrogens is 332 g/mol. The van der Waals surface area contributed by atoms with E-state index in [4.69, 9.17) is 12.2 Å². The quantitative estimate of drug-likeness (QED) is 0.763. The lowest BCUT2D eigenvalue weighted by Gasteiger charge is -2.21. The van der Waals surface area contributed by atoms with E-state index in [9.17, 15) is 0 Å². The van der Waals surface area contributed by atoms with Gasteiger partial charge in [-0.2, -0.15) is 0 Å².